The third-order valence-corrected chi connectivity index (χ3v) is 3.46. The van der Waals surface area contributed by atoms with E-state index in [4.69, 9.17) is 5.26 Å². The normalized spacial score (nSPS) is 10.1. The number of aromatic hydroxyl groups is 1. The highest BCUT2D eigenvalue weighted by Crippen LogP contribution is 2.30. The molecule has 0 saturated heterocycles. The van der Waals surface area contributed by atoms with Gasteiger partial charge in [0.05, 0.1) is 0 Å². The van der Waals surface area contributed by atoms with E-state index >= 15 is 0 Å². The maximum atomic E-state index is 9.74. The van der Waals surface area contributed by atoms with Crippen LogP contribution in [0, 0.1) is 11.3 Å². The SMILES string of the molecule is CCN(CC)c1ccc(-c2cccc(O)c2C#N)cc1. The van der Waals surface area contributed by atoms with Crippen LogP contribution in [0.4, 0.5) is 5.69 Å². The van der Waals surface area contributed by atoms with Gasteiger partial charge in [-0.2, -0.15) is 5.26 Å². The molecule has 0 amide bonds. The number of hydrogen-bond donors (Lipinski definition) is 1. The second-order valence-electron chi connectivity index (χ2n) is 4.53. The molecule has 0 aliphatic rings. The van der Waals surface area contributed by atoms with E-state index in [1.165, 1.54) is 6.07 Å². The fourth-order valence-corrected chi connectivity index (χ4v) is 2.34. The van der Waals surface area contributed by atoms with Gasteiger partial charge in [-0.05, 0) is 37.6 Å². The fraction of sp³-hybridized carbons (Fsp3) is 0.235. The Morgan fingerprint density at radius 1 is 1.05 bits per heavy atom. The van der Waals surface area contributed by atoms with Gasteiger partial charge in [0.25, 0.3) is 0 Å². The number of rotatable bonds is 4. The minimum atomic E-state index is 0.0258. The smallest absolute Gasteiger partial charge is 0.133 e. The van der Waals surface area contributed by atoms with Crippen molar-refractivity contribution in [1.82, 2.24) is 0 Å². The maximum absolute atomic E-state index is 9.74. The van der Waals surface area contributed by atoms with E-state index < -0.39 is 0 Å². The van der Waals surface area contributed by atoms with Crippen molar-refractivity contribution in [1.29, 1.82) is 5.26 Å². The molecule has 2 aromatic rings. The molecule has 102 valence electrons. The number of hydrogen-bond acceptors (Lipinski definition) is 3. The van der Waals surface area contributed by atoms with Gasteiger partial charge in [0.15, 0.2) is 0 Å². The molecule has 0 aromatic heterocycles. The van der Waals surface area contributed by atoms with Crippen molar-refractivity contribution in [3.05, 3.63) is 48.0 Å². The largest absolute Gasteiger partial charge is 0.507 e. The second kappa shape index (κ2) is 6.12. The quantitative estimate of drug-likeness (QED) is 0.916. The Hall–Kier alpha value is -2.47. The van der Waals surface area contributed by atoms with Crippen LogP contribution >= 0.6 is 0 Å². The molecule has 2 rings (SSSR count). The topological polar surface area (TPSA) is 47.3 Å². The zero-order chi connectivity index (χ0) is 14.5. The molecular formula is C17H18N2O. The Morgan fingerprint density at radius 2 is 1.70 bits per heavy atom. The van der Waals surface area contributed by atoms with Crippen LogP contribution < -0.4 is 4.90 Å². The standard InChI is InChI=1S/C17H18N2O/c1-3-19(4-2)14-10-8-13(9-11-14)15-6-5-7-17(20)16(15)12-18/h5-11,20H,3-4H2,1-2H3. The van der Waals surface area contributed by atoms with Gasteiger partial charge in [-0.25, -0.2) is 0 Å². The Kier molecular flexibility index (Phi) is 4.27. The molecule has 0 saturated carbocycles. The predicted octanol–water partition coefficient (Wildman–Crippen LogP) is 3.78. The van der Waals surface area contributed by atoms with E-state index in [1.54, 1.807) is 6.07 Å². The Morgan fingerprint density at radius 3 is 2.25 bits per heavy atom. The molecular weight excluding hydrogens is 248 g/mol. The first kappa shape index (κ1) is 14.0. The Balaban J connectivity index is 2.41. The molecule has 1 N–H and O–H groups in total. The summed E-state index contributed by atoms with van der Waals surface area (Å²) in [6.07, 6.45) is 0. The van der Waals surface area contributed by atoms with E-state index in [0.29, 0.717) is 5.56 Å². The molecule has 0 aliphatic heterocycles. The Bertz CT molecular complexity index is 622. The molecule has 0 bridgehead atoms. The predicted molar refractivity (Wildman–Crippen MR) is 81.8 cm³/mol. The lowest BCUT2D eigenvalue weighted by Crippen LogP contribution is -2.21. The molecule has 0 fully saturated rings. The third kappa shape index (κ3) is 2.60. The van der Waals surface area contributed by atoms with Gasteiger partial charge >= 0.3 is 0 Å². The number of nitriles is 1. The minimum Gasteiger partial charge on any atom is -0.507 e. The summed E-state index contributed by atoms with van der Waals surface area (Å²) < 4.78 is 0. The highest BCUT2D eigenvalue weighted by Gasteiger charge is 2.09. The zero-order valence-electron chi connectivity index (χ0n) is 11.8. The number of phenolic OH excluding ortho intramolecular Hbond substituents is 1. The first-order valence-electron chi connectivity index (χ1n) is 6.78. The number of anilines is 1. The molecule has 2 aromatic carbocycles. The van der Waals surface area contributed by atoms with Crippen LogP contribution in [0.15, 0.2) is 42.5 Å². The molecule has 0 unspecified atom stereocenters. The molecule has 0 radical (unpaired) electrons. The second-order valence-corrected chi connectivity index (χ2v) is 4.53. The Labute approximate surface area is 119 Å². The van der Waals surface area contributed by atoms with Crippen LogP contribution in [0.25, 0.3) is 11.1 Å². The van der Waals surface area contributed by atoms with Gasteiger partial charge in [0, 0.05) is 24.3 Å². The highest BCUT2D eigenvalue weighted by molar-refractivity contribution is 5.74. The monoisotopic (exact) mass is 266 g/mol. The number of benzene rings is 2. The maximum Gasteiger partial charge on any atom is 0.133 e. The third-order valence-electron chi connectivity index (χ3n) is 3.46. The van der Waals surface area contributed by atoms with Gasteiger partial charge in [-0.1, -0.05) is 24.3 Å². The van der Waals surface area contributed by atoms with Gasteiger partial charge in [-0.3, -0.25) is 0 Å². The van der Waals surface area contributed by atoms with Crippen molar-refractivity contribution in [3.8, 4) is 22.9 Å². The lowest BCUT2D eigenvalue weighted by molar-refractivity contribution is 0.474. The van der Waals surface area contributed by atoms with Crippen molar-refractivity contribution in [2.45, 2.75) is 13.8 Å². The van der Waals surface area contributed by atoms with Crippen molar-refractivity contribution in [3.63, 3.8) is 0 Å². The summed E-state index contributed by atoms with van der Waals surface area (Å²) in [6, 6.07) is 15.3. The van der Waals surface area contributed by atoms with Gasteiger partial charge in [0.1, 0.15) is 17.4 Å². The fourth-order valence-electron chi connectivity index (χ4n) is 2.34. The molecule has 0 aliphatic carbocycles. The van der Waals surface area contributed by atoms with E-state index in [1.807, 2.05) is 30.3 Å². The van der Waals surface area contributed by atoms with Gasteiger partial charge < -0.3 is 10.0 Å². The summed E-state index contributed by atoms with van der Waals surface area (Å²) >= 11 is 0. The lowest BCUT2D eigenvalue weighted by atomic mass is 9.99. The van der Waals surface area contributed by atoms with E-state index in [0.717, 1.165) is 29.9 Å². The van der Waals surface area contributed by atoms with Crippen LogP contribution in [0.1, 0.15) is 19.4 Å². The van der Waals surface area contributed by atoms with Crippen LogP contribution in [0.2, 0.25) is 0 Å². The van der Waals surface area contributed by atoms with Crippen LogP contribution in [-0.4, -0.2) is 18.2 Å². The molecule has 20 heavy (non-hydrogen) atoms. The van der Waals surface area contributed by atoms with Crippen LogP contribution in [0.5, 0.6) is 5.75 Å². The summed E-state index contributed by atoms with van der Waals surface area (Å²) in [5, 5.41) is 18.9. The molecule has 0 atom stereocenters. The first-order valence-corrected chi connectivity index (χ1v) is 6.78. The molecule has 0 spiro atoms. The summed E-state index contributed by atoms with van der Waals surface area (Å²) in [5.74, 6) is 0.0258. The van der Waals surface area contributed by atoms with Crippen LogP contribution in [-0.2, 0) is 0 Å². The average Bonchev–Trinajstić information content (AvgIpc) is 2.49. The van der Waals surface area contributed by atoms with Crippen molar-refractivity contribution in [2.75, 3.05) is 18.0 Å². The number of nitrogens with zero attached hydrogens (tertiary/aromatic N) is 2. The van der Waals surface area contributed by atoms with Crippen molar-refractivity contribution in [2.24, 2.45) is 0 Å². The van der Waals surface area contributed by atoms with Gasteiger partial charge in [-0.15, -0.1) is 0 Å². The molecule has 3 nitrogen and oxygen atoms in total. The van der Waals surface area contributed by atoms with Gasteiger partial charge in [0.2, 0.25) is 0 Å². The van der Waals surface area contributed by atoms with Crippen molar-refractivity contribution < 1.29 is 5.11 Å². The van der Waals surface area contributed by atoms with E-state index in [9.17, 15) is 5.11 Å². The molecule has 3 heteroatoms. The summed E-state index contributed by atoms with van der Waals surface area (Å²) in [5.41, 5.74) is 3.19. The lowest BCUT2D eigenvalue weighted by Gasteiger charge is -2.21. The summed E-state index contributed by atoms with van der Waals surface area (Å²) in [6.45, 7) is 6.18. The summed E-state index contributed by atoms with van der Waals surface area (Å²) in [7, 11) is 0. The van der Waals surface area contributed by atoms with E-state index in [-0.39, 0.29) is 5.75 Å². The zero-order valence-corrected chi connectivity index (χ0v) is 11.8. The highest BCUT2D eigenvalue weighted by atomic mass is 16.3. The molecule has 0 heterocycles. The average molecular weight is 266 g/mol. The van der Waals surface area contributed by atoms with Crippen molar-refractivity contribution >= 4 is 5.69 Å². The first-order chi connectivity index (χ1) is 9.71. The van der Waals surface area contributed by atoms with Crippen LogP contribution in [0.3, 0.4) is 0 Å². The summed E-state index contributed by atoms with van der Waals surface area (Å²) in [4.78, 5) is 2.26. The minimum absolute atomic E-state index is 0.0258. The van der Waals surface area contributed by atoms with E-state index in [2.05, 4.69) is 24.8 Å². The number of phenols is 1.